The van der Waals surface area contributed by atoms with Crippen molar-refractivity contribution in [2.75, 3.05) is 26.4 Å². The van der Waals surface area contributed by atoms with Crippen molar-refractivity contribution in [2.45, 2.75) is 12.2 Å². The average Bonchev–Trinajstić information content (AvgIpc) is 2.76. The van der Waals surface area contributed by atoms with Crippen LogP contribution < -0.4 is 14.2 Å². The normalized spacial score (nSPS) is 12.6. The average molecular weight is 440 g/mol. The predicted octanol–water partition coefficient (Wildman–Crippen LogP) is 0.759. The molecule has 2 atom stereocenters. The van der Waals surface area contributed by atoms with Crippen LogP contribution in [-0.4, -0.2) is 68.9 Å². The molecular formula is C18H20N2O11. The fourth-order valence-corrected chi connectivity index (χ4v) is 2.21. The Morgan fingerprint density at radius 3 is 1.45 bits per heavy atom. The molecule has 0 fully saturated rings. The number of benzene rings is 2. The van der Waals surface area contributed by atoms with E-state index in [9.17, 15) is 30.4 Å². The van der Waals surface area contributed by atoms with Crippen molar-refractivity contribution in [2.24, 2.45) is 0 Å². The van der Waals surface area contributed by atoms with E-state index < -0.39 is 35.3 Å². The number of ether oxygens (including phenoxy) is 3. The Hall–Kier alpha value is -3.52. The fourth-order valence-electron chi connectivity index (χ4n) is 2.21. The fraction of sp³-hybridized carbons (Fsp3) is 0.333. The highest BCUT2D eigenvalue weighted by Gasteiger charge is 2.19. The van der Waals surface area contributed by atoms with Crippen molar-refractivity contribution in [3.8, 4) is 23.0 Å². The molecule has 4 N–H and O–H groups in total. The standard InChI is InChI=1S/C18H20N2O11/c21-7-13(23)9-29-17-5-11(19(25)26)1-3-15(17)31-16-4-2-12(20(27)28)6-18(16)30-10-14(24)8-22/h1-6,13-14,21-24H,7-10H2. The first kappa shape index (κ1) is 23.8. The quantitative estimate of drug-likeness (QED) is 0.269. The van der Waals surface area contributed by atoms with Crippen molar-refractivity contribution in [3.63, 3.8) is 0 Å². The van der Waals surface area contributed by atoms with E-state index in [0.717, 1.165) is 24.3 Å². The van der Waals surface area contributed by atoms with Crippen molar-refractivity contribution < 1.29 is 44.5 Å². The highest BCUT2D eigenvalue weighted by atomic mass is 16.6. The van der Waals surface area contributed by atoms with Crippen molar-refractivity contribution >= 4 is 11.4 Å². The van der Waals surface area contributed by atoms with Gasteiger partial charge in [0, 0.05) is 12.1 Å². The highest BCUT2D eigenvalue weighted by molar-refractivity contribution is 5.54. The lowest BCUT2D eigenvalue weighted by atomic mass is 10.2. The van der Waals surface area contributed by atoms with Gasteiger partial charge in [-0.3, -0.25) is 20.2 Å². The van der Waals surface area contributed by atoms with Gasteiger partial charge in [-0.1, -0.05) is 0 Å². The molecule has 2 aromatic carbocycles. The molecule has 0 spiro atoms. The Balaban J connectivity index is 2.38. The molecule has 0 saturated carbocycles. The van der Waals surface area contributed by atoms with E-state index in [1.54, 1.807) is 0 Å². The molecule has 0 radical (unpaired) electrons. The van der Waals surface area contributed by atoms with E-state index in [1.165, 1.54) is 12.1 Å². The largest absolute Gasteiger partial charge is 0.487 e. The Kier molecular flexibility index (Phi) is 8.45. The summed E-state index contributed by atoms with van der Waals surface area (Å²) in [5.74, 6) is -0.364. The lowest BCUT2D eigenvalue weighted by Crippen LogP contribution is -2.21. The number of aliphatic hydroxyl groups is 4. The van der Waals surface area contributed by atoms with Gasteiger partial charge in [0.05, 0.1) is 35.2 Å². The van der Waals surface area contributed by atoms with Gasteiger partial charge in [0.25, 0.3) is 11.4 Å². The van der Waals surface area contributed by atoms with Crippen molar-refractivity contribution in [1.29, 1.82) is 0 Å². The van der Waals surface area contributed by atoms with Crippen molar-refractivity contribution in [3.05, 3.63) is 56.6 Å². The van der Waals surface area contributed by atoms with E-state index >= 15 is 0 Å². The van der Waals surface area contributed by atoms with Crippen LogP contribution in [0.5, 0.6) is 23.0 Å². The highest BCUT2D eigenvalue weighted by Crippen LogP contribution is 2.40. The number of aliphatic hydroxyl groups excluding tert-OH is 4. The molecule has 0 amide bonds. The summed E-state index contributed by atoms with van der Waals surface area (Å²) in [6, 6.07) is 6.78. The maximum atomic E-state index is 11.0. The van der Waals surface area contributed by atoms with E-state index in [-0.39, 0.29) is 47.6 Å². The second-order valence-electron chi connectivity index (χ2n) is 6.17. The smallest absolute Gasteiger partial charge is 0.273 e. The third-order valence-corrected chi connectivity index (χ3v) is 3.78. The Morgan fingerprint density at radius 2 is 1.13 bits per heavy atom. The molecule has 13 heteroatoms. The summed E-state index contributed by atoms with van der Waals surface area (Å²) in [7, 11) is 0. The van der Waals surface area contributed by atoms with Gasteiger partial charge in [-0.2, -0.15) is 0 Å². The first-order valence-electron chi connectivity index (χ1n) is 8.83. The molecule has 0 saturated heterocycles. The minimum absolute atomic E-state index is 0.0443. The minimum Gasteiger partial charge on any atom is -0.487 e. The molecular weight excluding hydrogens is 420 g/mol. The third kappa shape index (κ3) is 6.75. The zero-order valence-electron chi connectivity index (χ0n) is 16.0. The van der Waals surface area contributed by atoms with Gasteiger partial charge in [0.2, 0.25) is 0 Å². The summed E-state index contributed by atoms with van der Waals surface area (Å²) in [4.78, 5) is 20.7. The van der Waals surface area contributed by atoms with Crippen LogP contribution in [0.15, 0.2) is 36.4 Å². The van der Waals surface area contributed by atoms with Gasteiger partial charge >= 0.3 is 0 Å². The van der Waals surface area contributed by atoms with Gasteiger partial charge in [-0.15, -0.1) is 0 Å². The number of rotatable bonds is 12. The lowest BCUT2D eigenvalue weighted by Gasteiger charge is -2.17. The SMILES string of the molecule is O=[N+]([O-])c1ccc(Oc2ccc([N+](=O)[O-])cc2OCC(O)CO)c(OCC(O)CO)c1. The Labute approximate surface area is 175 Å². The summed E-state index contributed by atoms with van der Waals surface area (Å²) in [6.45, 7) is -1.97. The first-order valence-corrected chi connectivity index (χ1v) is 8.83. The molecule has 0 aromatic heterocycles. The molecule has 168 valence electrons. The van der Waals surface area contributed by atoms with Crippen LogP contribution in [0.4, 0.5) is 11.4 Å². The molecule has 0 aliphatic heterocycles. The second kappa shape index (κ2) is 11.0. The van der Waals surface area contributed by atoms with Gasteiger partial charge in [-0.25, -0.2) is 0 Å². The first-order chi connectivity index (χ1) is 14.7. The summed E-state index contributed by atoms with van der Waals surface area (Å²) in [5, 5.41) is 58.9. The monoisotopic (exact) mass is 440 g/mol. The maximum Gasteiger partial charge on any atom is 0.273 e. The number of non-ortho nitro benzene ring substituents is 2. The number of nitro benzene ring substituents is 2. The molecule has 2 rings (SSSR count). The molecule has 13 nitrogen and oxygen atoms in total. The molecule has 0 bridgehead atoms. The van der Waals surface area contributed by atoms with Gasteiger partial charge < -0.3 is 34.6 Å². The molecule has 0 heterocycles. The van der Waals surface area contributed by atoms with Gasteiger partial charge in [0.1, 0.15) is 25.4 Å². The Morgan fingerprint density at radius 1 is 0.742 bits per heavy atom. The van der Waals surface area contributed by atoms with Crippen LogP contribution in [-0.2, 0) is 0 Å². The predicted molar refractivity (Wildman–Crippen MR) is 103 cm³/mol. The van der Waals surface area contributed by atoms with Crippen LogP contribution in [0.3, 0.4) is 0 Å². The van der Waals surface area contributed by atoms with Gasteiger partial charge in [0.15, 0.2) is 23.0 Å². The number of nitro groups is 2. The van der Waals surface area contributed by atoms with Crippen LogP contribution in [0.1, 0.15) is 0 Å². The van der Waals surface area contributed by atoms with Crippen molar-refractivity contribution in [1.82, 2.24) is 0 Å². The molecule has 2 aromatic rings. The number of hydrogen-bond donors (Lipinski definition) is 4. The summed E-state index contributed by atoms with van der Waals surface area (Å²) in [6.07, 6.45) is -2.49. The van der Waals surface area contributed by atoms with Crippen LogP contribution in [0.25, 0.3) is 0 Å². The van der Waals surface area contributed by atoms with E-state index in [1.807, 2.05) is 0 Å². The van der Waals surface area contributed by atoms with E-state index in [2.05, 4.69) is 0 Å². The number of hydrogen-bond acceptors (Lipinski definition) is 11. The van der Waals surface area contributed by atoms with Crippen LogP contribution in [0.2, 0.25) is 0 Å². The molecule has 2 unspecified atom stereocenters. The summed E-state index contributed by atoms with van der Waals surface area (Å²) in [5.41, 5.74) is -0.654. The summed E-state index contributed by atoms with van der Waals surface area (Å²) >= 11 is 0. The van der Waals surface area contributed by atoms with Crippen LogP contribution >= 0.6 is 0 Å². The minimum atomic E-state index is -1.25. The third-order valence-electron chi connectivity index (χ3n) is 3.78. The lowest BCUT2D eigenvalue weighted by molar-refractivity contribution is -0.385. The zero-order chi connectivity index (χ0) is 23.0. The molecule has 0 aliphatic rings. The topological polar surface area (TPSA) is 195 Å². The molecule has 0 aliphatic carbocycles. The van der Waals surface area contributed by atoms with E-state index in [0.29, 0.717) is 0 Å². The summed E-state index contributed by atoms with van der Waals surface area (Å²) < 4.78 is 16.3. The zero-order valence-corrected chi connectivity index (χ0v) is 16.0. The van der Waals surface area contributed by atoms with Crippen LogP contribution in [0, 0.1) is 20.2 Å². The van der Waals surface area contributed by atoms with Gasteiger partial charge in [-0.05, 0) is 12.1 Å². The number of nitrogens with zero attached hydrogens (tertiary/aromatic N) is 2. The molecule has 31 heavy (non-hydrogen) atoms. The maximum absolute atomic E-state index is 11.0. The van der Waals surface area contributed by atoms with E-state index in [4.69, 9.17) is 24.4 Å². The Bertz CT molecular complexity index is 848. The second-order valence-corrected chi connectivity index (χ2v) is 6.17.